The number of carboxylic acids is 3. The molecule has 23 heteroatoms. The summed E-state index contributed by atoms with van der Waals surface area (Å²) in [5.74, 6) is -5.22. The second-order valence-corrected chi connectivity index (χ2v) is 17.3. The number of unbranched alkanes of at least 4 members (excludes halogenated alkanes) is 1. The number of hydrogen-bond donors (Lipinski definition) is 11. The standard InChI is InChI=1S/C45H61FN8O14/c46-37-39(60)38(59)34(24-55)68-42(37)54-23-30(52-53-54)8-5-10-35(56)48-22-25-11-15-28(16-12-25)40(61)49-33(21-26-13-14-27-6-1-2-7-29(27)20-26)41(62)47-19-4-3-9-31(43(63)64)50-45(67)51-32(44(65)66)17-18-36(57)58/h1-2,6-7,13-14,20,23,25,28,31-34,37-39,42,55,59-60H,3-5,8-12,15-19,21-22,24H2,(H,47,62)(H,48,56)(H,49,61)(H,57,58)(H,63,64)(H,65,66)(H2,50,51,67)/i46-1. The molecule has 1 aliphatic heterocycles. The number of rotatable bonds is 25. The van der Waals surface area contributed by atoms with E-state index < -0.39 is 98.1 Å². The van der Waals surface area contributed by atoms with Crippen molar-refractivity contribution in [3.8, 4) is 0 Å². The smallest absolute Gasteiger partial charge is 0.326 e. The number of urea groups is 1. The van der Waals surface area contributed by atoms with Crippen molar-refractivity contribution in [3.05, 3.63) is 59.9 Å². The number of aryl methyl sites for hydroxylation is 1. The topological polar surface area (TPSA) is 341 Å². The van der Waals surface area contributed by atoms with Crippen LogP contribution in [0.25, 0.3) is 10.8 Å². The maximum atomic E-state index is 14.7. The molecular formula is C45H61FN8O14. The van der Waals surface area contributed by atoms with E-state index in [1.165, 1.54) is 6.20 Å². The maximum Gasteiger partial charge on any atom is 0.326 e. The molecule has 8 atom stereocenters. The van der Waals surface area contributed by atoms with Gasteiger partial charge in [0.15, 0.2) is 12.4 Å². The summed E-state index contributed by atoms with van der Waals surface area (Å²) < 4.78 is 21.1. The van der Waals surface area contributed by atoms with Crippen LogP contribution < -0.4 is 26.6 Å². The van der Waals surface area contributed by atoms with Crippen molar-refractivity contribution in [1.29, 1.82) is 0 Å². The minimum absolute atomic E-state index is 0.0593. The Morgan fingerprint density at radius 3 is 2.16 bits per heavy atom. The predicted molar refractivity (Wildman–Crippen MR) is 237 cm³/mol. The lowest BCUT2D eigenvalue weighted by atomic mass is 9.81. The third-order valence-corrected chi connectivity index (χ3v) is 12.2. The molecular weight excluding hydrogens is 895 g/mol. The van der Waals surface area contributed by atoms with E-state index in [1.807, 2.05) is 42.5 Å². The van der Waals surface area contributed by atoms with Crippen molar-refractivity contribution >= 4 is 52.4 Å². The number of aliphatic hydroxyl groups is 3. The highest BCUT2D eigenvalue weighted by Gasteiger charge is 2.46. The Bertz CT molecular complexity index is 2200. The van der Waals surface area contributed by atoms with Crippen molar-refractivity contribution < 1.29 is 73.3 Å². The highest BCUT2D eigenvalue weighted by molar-refractivity contribution is 5.89. The molecule has 2 aromatic carbocycles. The fraction of sp³-hybridized carbons (Fsp3) is 0.578. The van der Waals surface area contributed by atoms with Gasteiger partial charge >= 0.3 is 23.9 Å². The van der Waals surface area contributed by atoms with Gasteiger partial charge in [0.25, 0.3) is 0 Å². The third kappa shape index (κ3) is 15.6. The van der Waals surface area contributed by atoms with Gasteiger partial charge in [-0.2, -0.15) is 0 Å². The zero-order valence-electron chi connectivity index (χ0n) is 37.4. The molecule has 2 aliphatic rings. The van der Waals surface area contributed by atoms with Gasteiger partial charge < -0.3 is 62.0 Å². The zero-order valence-corrected chi connectivity index (χ0v) is 37.4. The van der Waals surface area contributed by atoms with Crippen LogP contribution in [0.5, 0.6) is 0 Å². The Labute approximate surface area is 390 Å². The van der Waals surface area contributed by atoms with Crippen LogP contribution in [0.4, 0.5) is 9.18 Å². The number of aromatic nitrogens is 3. The Morgan fingerprint density at radius 1 is 0.794 bits per heavy atom. The molecule has 372 valence electrons. The number of carbonyl (C=O) groups is 7. The van der Waals surface area contributed by atoms with Gasteiger partial charge in [-0.05, 0) is 86.5 Å². The molecule has 1 saturated carbocycles. The molecule has 22 nitrogen and oxygen atoms in total. The summed E-state index contributed by atoms with van der Waals surface area (Å²) in [7, 11) is 0. The van der Waals surface area contributed by atoms with Crippen LogP contribution in [0, 0.1) is 11.8 Å². The molecule has 2 heterocycles. The summed E-state index contributed by atoms with van der Waals surface area (Å²) >= 11 is 0. The molecule has 1 aromatic heterocycles. The van der Waals surface area contributed by atoms with Gasteiger partial charge in [0.05, 0.1) is 18.5 Å². The first-order valence-corrected chi connectivity index (χ1v) is 22.8. The van der Waals surface area contributed by atoms with Gasteiger partial charge in [0.1, 0.15) is 36.4 Å². The van der Waals surface area contributed by atoms with Crippen LogP contribution in [-0.4, -0.2) is 150 Å². The summed E-state index contributed by atoms with van der Waals surface area (Å²) in [6, 6.07) is 8.55. The van der Waals surface area contributed by atoms with Crippen LogP contribution in [0.1, 0.15) is 88.1 Å². The van der Waals surface area contributed by atoms with Crippen LogP contribution in [-0.2, 0) is 46.3 Å². The van der Waals surface area contributed by atoms with E-state index >= 15 is 0 Å². The molecule has 68 heavy (non-hydrogen) atoms. The number of ether oxygens (including phenoxy) is 1. The van der Waals surface area contributed by atoms with E-state index in [0.29, 0.717) is 57.2 Å². The van der Waals surface area contributed by atoms with Crippen LogP contribution in [0.2, 0.25) is 0 Å². The second-order valence-electron chi connectivity index (χ2n) is 17.3. The van der Waals surface area contributed by atoms with Crippen LogP contribution in [0.15, 0.2) is 48.7 Å². The molecule has 11 N–H and O–H groups in total. The molecule has 0 bridgehead atoms. The molecule has 1 saturated heterocycles. The lowest BCUT2D eigenvalue weighted by Gasteiger charge is -2.38. The number of alkyl halides is 1. The number of carbonyl (C=O) groups excluding carboxylic acids is 4. The highest BCUT2D eigenvalue weighted by atomic mass is 18.2. The van der Waals surface area contributed by atoms with Gasteiger partial charge in [-0.1, -0.05) is 47.7 Å². The van der Waals surface area contributed by atoms with Gasteiger partial charge in [-0.3, -0.25) is 19.2 Å². The fourth-order valence-corrected chi connectivity index (χ4v) is 8.28. The van der Waals surface area contributed by atoms with Crippen molar-refractivity contribution in [1.82, 2.24) is 41.6 Å². The number of hydrogen-bond acceptors (Lipinski definition) is 13. The number of halogens is 1. The maximum absolute atomic E-state index is 14.7. The van der Waals surface area contributed by atoms with Crippen molar-refractivity contribution in [2.24, 2.45) is 11.8 Å². The van der Waals surface area contributed by atoms with E-state index in [1.54, 1.807) is 0 Å². The summed E-state index contributed by atoms with van der Waals surface area (Å²) in [5.41, 5.74) is 1.28. The number of amides is 5. The van der Waals surface area contributed by atoms with Crippen LogP contribution in [0.3, 0.4) is 0 Å². The fourth-order valence-electron chi connectivity index (χ4n) is 8.28. The molecule has 8 unspecified atom stereocenters. The summed E-state index contributed by atoms with van der Waals surface area (Å²) in [5, 5.41) is 79.9. The van der Waals surface area contributed by atoms with Gasteiger partial charge in [0, 0.05) is 38.3 Å². The number of aliphatic carboxylic acids is 3. The normalized spacial score (nSPS) is 22.8. The van der Waals surface area contributed by atoms with Gasteiger partial charge in [-0.25, -0.2) is 23.5 Å². The van der Waals surface area contributed by atoms with E-state index in [9.17, 15) is 63.5 Å². The van der Waals surface area contributed by atoms with E-state index in [4.69, 9.17) is 9.84 Å². The Hall–Kier alpha value is -6.30. The monoisotopic (exact) mass is 955 g/mol. The molecule has 2 fully saturated rings. The second kappa shape index (κ2) is 25.7. The minimum atomic E-state index is -2.01. The molecule has 5 amide bonds. The Kier molecular flexibility index (Phi) is 19.9. The average molecular weight is 956 g/mol. The minimum Gasteiger partial charge on any atom is -0.481 e. The lowest BCUT2D eigenvalue weighted by Crippen LogP contribution is -2.55. The number of carboxylic acid groups (broad SMARTS) is 3. The molecule has 5 rings (SSSR count). The Morgan fingerprint density at radius 2 is 1.49 bits per heavy atom. The SMILES string of the molecule is O=C(O)CCC(NC(=O)NC(CCCCNC(=O)C(Cc1ccc2ccccc2c1)NC(=O)C1CCC(CNC(=O)CCCc2cn(C3OC(CO)C(O)C(O)C3[18F])nn2)CC1)C(=O)O)C(=O)O. The molecule has 0 spiro atoms. The number of nitrogens with zero attached hydrogens (tertiary/aromatic N) is 3. The number of benzene rings is 2. The molecule has 1 aliphatic carbocycles. The largest absolute Gasteiger partial charge is 0.481 e. The number of aliphatic hydroxyl groups excluding tert-OH is 3. The predicted octanol–water partition coefficient (Wildman–Crippen LogP) is 0.711. The van der Waals surface area contributed by atoms with Gasteiger partial charge in [0.2, 0.25) is 17.7 Å². The summed E-state index contributed by atoms with van der Waals surface area (Å²) in [4.78, 5) is 86.5. The first-order chi connectivity index (χ1) is 32.5. The summed E-state index contributed by atoms with van der Waals surface area (Å²) in [6.45, 7) is -0.0897. The number of fused-ring (bicyclic) bond motifs is 1. The Balaban J connectivity index is 1.05. The molecule has 0 radical (unpaired) electrons. The lowest BCUT2D eigenvalue weighted by molar-refractivity contribution is -0.237. The van der Waals surface area contributed by atoms with E-state index in [-0.39, 0.29) is 55.9 Å². The van der Waals surface area contributed by atoms with Crippen LogP contribution >= 0.6 is 0 Å². The van der Waals surface area contributed by atoms with E-state index in [0.717, 1.165) is 21.0 Å². The third-order valence-electron chi connectivity index (χ3n) is 12.2. The van der Waals surface area contributed by atoms with Gasteiger partial charge in [-0.15, -0.1) is 5.10 Å². The molecule has 3 aromatic rings. The van der Waals surface area contributed by atoms with E-state index in [2.05, 4.69) is 36.9 Å². The zero-order chi connectivity index (χ0) is 49.3. The average Bonchev–Trinajstić information content (AvgIpc) is 3.79. The van der Waals surface area contributed by atoms with Crippen molar-refractivity contribution in [2.45, 2.75) is 132 Å². The first kappa shape index (κ1) is 52.7. The summed E-state index contributed by atoms with van der Waals surface area (Å²) in [6.07, 6.45) is -3.45. The number of nitrogens with one attached hydrogen (secondary N) is 5. The first-order valence-electron chi connectivity index (χ1n) is 22.8. The highest BCUT2D eigenvalue weighted by Crippen LogP contribution is 2.31. The quantitative estimate of drug-likeness (QED) is 0.0521. The van der Waals surface area contributed by atoms with Crippen molar-refractivity contribution in [3.63, 3.8) is 0 Å². The van der Waals surface area contributed by atoms with Crippen molar-refractivity contribution in [2.75, 3.05) is 19.7 Å².